The molecule has 0 bridgehead atoms. The Morgan fingerprint density at radius 1 is 0.864 bits per heavy atom. The van der Waals surface area contributed by atoms with Crippen molar-refractivity contribution >= 4 is 28.1 Å². The van der Waals surface area contributed by atoms with E-state index in [1.807, 2.05) is 36.4 Å². The zero-order valence-electron chi connectivity index (χ0n) is 11.6. The molecule has 1 aliphatic rings. The van der Waals surface area contributed by atoms with Crippen LogP contribution in [-0.4, -0.2) is 10.9 Å². The predicted molar refractivity (Wildman–Crippen MR) is 86.2 cm³/mol. The van der Waals surface area contributed by atoms with Crippen LogP contribution in [0.25, 0.3) is 27.5 Å². The molecule has 0 amide bonds. The number of nitrogens with zero attached hydrogens (tertiary/aromatic N) is 1. The minimum absolute atomic E-state index is 0.629. The molecule has 0 spiro atoms. The molecule has 1 aromatic heterocycles. The van der Waals surface area contributed by atoms with Crippen molar-refractivity contribution in [2.75, 3.05) is 0 Å². The summed E-state index contributed by atoms with van der Waals surface area (Å²) in [6.45, 7) is 0. The van der Waals surface area contributed by atoms with Gasteiger partial charge in [-0.2, -0.15) is 0 Å². The molecular weight excluding hydrogens is 274 g/mol. The van der Waals surface area contributed by atoms with Crippen LogP contribution in [0.4, 0.5) is 0 Å². The maximum absolute atomic E-state index is 11.3. The van der Waals surface area contributed by atoms with E-state index in [2.05, 4.69) is 22.8 Å². The molecule has 0 saturated heterocycles. The summed E-state index contributed by atoms with van der Waals surface area (Å²) in [5.74, 6) is 1.54. The summed E-state index contributed by atoms with van der Waals surface area (Å²) in [6.07, 6.45) is 0.867. The van der Waals surface area contributed by atoms with Crippen molar-refractivity contribution in [3.63, 3.8) is 0 Å². The number of fused-ring (bicyclic) bond motifs is 5. The maximum Gasteiger partial charge on any atom is 0.152 e. The molecule has 3 heteroatoms. The molecule has 0 atom stereocenters. The van der Waals surface area contributed by atoms with Gasteiger partial charge >= 0.3 is 0 Å². The smallest absolute Gasteiger partial charge is 0.152 e. The highest BCUT2D eigenvalue weighted by Crippen LogP contribution is 2.45. The van der Waals surface area contributed by atoms with Crippen LogP contribution in [0.5, 0.6) is 11.5 Å². The van der Waals surface area contributed by atoms with Crippen LogP contribution in [0.2, 0.25) is 0 Å². The Hall–Kier alpha value is -3.07. The van der Waals surface area contributed by atoms with Gasteiger partial charge in [0.05, 0.1) is 16.7 Å². The average molecular weight is 285 g/mol. The van der Waals surface area contributed by atoms with E-state index in [9.17, 15) is 4.79 Å². The van der Waals surface area contributed by atoms with E-state index in [0.717, 1.165) is 45.3 Å². The van der Waals surface area contributed by atoms with Gasteiger partial charge in [-0.15, -0.1) is 0 Å². The SMILES string of the molecule is O=Cc1cc2c3c(c1)c1ccccc1n3-c1ccccc1O2. The third kappa shape index (κ3) is 1.33. The monoisotopic (exact) mass is 285 g/mol. The third-order valence-electron chi connectivity index (χ3n) is 4.22. The van der Waals surface area contributed by atoms with E-state index in [4.69, 9.17) is 4.74 Å². The highest BCUT2D eigenvalue weighted by molar-refractivity contribution is 6.13. The second-order valence-corrected chi connectivity index (χ2v) is 5.46. The molecular formula is C19H11NO2. The minimum atomic E-state index is 0.629. The Morgan fingerprint density at radius 3 is 2.59 bits per heavy atom. The minimum Gasteiger partial charge on any atom is -0.453 e. The summed E-state index contributed by atoms with van der Waals surface area (Å²) in [5.41, 5.74) is 3.80. The zero-order valence-corrected chi connectivity index (χ0v) is 11.6. The number of hydrogen-bond acceptors (Lipinski definition) is 2. The molecule has 2 heterocycles. The van der Waals surface area contributed by atoms with Crippen molar-refractivity contribution < 1.29 is 9.53 Å². The highest BCUT2D eigenvalue weighted by Gasteiger charge is 2.23. The normalized spacial score (nSPS) is 12.2. The lowest BCUT2D eigenvalue weighted by Crippen LogP contribution is -2.04. The number of aromatic nitrogens is 1. The van der Waals surface area contributed by atoms with E-state index < -0.39 is 0 Å². The molecule has 22 heavy (non-hydrogen) atoms. The van der Waals surface area contributed by atoms with Gasteiger partial charge in [0.2, 0.25) is 0 Å². The summed E-state index contributed by atoms with van der Waals surface area (Å²) in [5, 5.41) is 2.17. The van der Waals surface area contributed by atoms with Gasteiger partial charge in [0.1, 0.15) is 6.29 Å². The number of carbonyl (C=O) groups excluding carboxylic acids is 1. The lowest BCUT2D eigenvalue weighted by Gasteiger charge is -2.20. The van der Waals surface area contributed by atoms with Gasteiger partial charge in [0.25, 0.3) is 0 Å². The van der Waals surface area contributed by atoms with Crippen LogP contribution in [0.3, 0.4) is 0 Å². The molecule has 0 saturated carbocycles. The first-order valence-electron chi connectivity index (χ1n) is 7.16. The van der Waals surface area contributed by atoms with E-state index in [1.54, 1.807) is 6.07 Å². The van der Waals surface area contributed by atoms with Gasteiger partial charge in [-0.05, 0) is 30.3 Å². The second kappa shape index (κ2) is 3.98. The number of ether oxygens (including phenoxy) is 1. The van der Waals surface area contributed by atoms with Gasteiger partial charge in [0, 0.05) is 16.3 Å². The molecule has 3 nitrogen and oxygen atoms in total. The number of hydrogen-bond donors (Lipinski definition) is 0. The summed E-state index contributed by atoms with van der Waals surface area (Å²) < 4.78 is 8.26. The van der Waals surface area contributed by atoms with E-state index >= 15 is 0 Å². The van der Waals surface area contributed by atoms with Crippen molar-refractivity contribution in [3.8, 4) is 17.2 Å². The molecule has 0 N–H and O–H groups in total. The number of benzene rings is 3. The molecule has 0 fully saturated rings. The quantitative estimate of drug-likeness (QED) is 0.418. The van der Waals surface area contributed by atoms with Crippen LogP contribution in [0.1, 0.15) is 10.4 Å². The fourth-order valence-corrected chi connectivity index (χ4v) is 3.32. The van der Waals surface area contributed by atoms with Crippen molar-refractivity contribution in [3.05, 3.63) is 66.2 Å². The third-order valence-corrected chi connectivity index (χ3v) is 4.22. The van der Waals surface area contributed by atoms with Gasteiger partial charge in [-0.1, -0.05) is 30.3 Å². The fraction of sp³-hybridized carbons (Fsp3) is 0. The Labute approximate surface area is 126 Å². The number of aldehydes is 1. The topological polar surface area (TPSA) is 31.2 Å². The summed E-state index contributed by atoms with van der Waals surface area (Å²) in [4.78, 5) is 11.3. The first-order valence-corrected chi connectivity index (χ1v) is 7.16. The molecule has 0 aliphatic carbocycles. The Kier molecular flexibility index (Phi) is 2.09. The largest absolute Gasteiger partial charge is 0.453 e. The van der Waals surface area contributed by atoms with Crippen molar-refractivity contribution in [1.29, 1.82) is 0 Å². The second-order valence-electron chi connectivity index (χ2n) is 5.46. The molecule has 104 valence electrons. The predicted octanol–water partition coefficient (Wildman–Crippen LogP) is 4.70. The lowest BCUT2D eigenvalue weighted by atomic mass is 10.1. The van der Waals surface area contributed by atoms with Gasteiger partial charge in [0.15, 0.2) is 11.5 Å². The Bertz CT molecular complexity index is 1080. The number of para-hydroxylation sites is 3. The average Bonchev–Trinajstić information content (AvgIpc) is 2.91. The van der Waals surface area contributed by atoms with Crippen molar-refractivity contribution in [2.24, 2.45) is 0 Å². The molecule has 0 unspecified atom stereocenters. The Morgan fingerprint density at radius 2 is 1.68 bits per heavy atom. The molecule has 3 aromatic carbocycles. The molecule has 5 rings (SSSR count). The first kappa shape index (κ1) is 11.6. The summed E-state index contributed by atoms with van der Waals surface area (Å²) in [7, 11) is 0. The van der Waals surface area contributed by atoms with Crippen LogP contribution in [0, 0.1) is 0 Å². The van der Waals surface area contributed by atoms with E-state index in [-0.39, 0.29) is 0 Å². The highest BCUT2D eigenvalue weighted by atomic mass is 16.5. The van der Waals surface area contributed by atoms with Crippen molar-refractivity contribution in [2.45, 2.75) is 0 Å². The van der Waals surface area contributed by atoms with Crippen molar-refractivity contribution in [1.82, 2.24) is 4.57 Å². The van der Waals surface area contributed by atoms with Gasteiger partial charge < -0.3 is 9.30 Å². The maximum atomic E-state index is 11.3. The number of rotatable bonds is 1. The molecule has 4 aromatic rings. The molecule has 0 radical (unpaired) electrons. The van der Waals surface area contributed by atoms with E-state index in [1.165, 1.54) is 0 Å². The van der Waals surface area contributed by atoms with Crippen LogP contribution in [-0.2, 0) is 0 Å². The first-order chi connectivity index (χ1) is 10.9. The summed E-state index contributed by atoms with van der Waals surface area (Å²) in [6, 6.07) is 19.9. The van der Waals surface area contributed by atoms with Crippen LogP contribution < -0.4 is 4.74 Å². The Balaban J connectivity index is 2.09. The van der Waals surface area contributed by atoms with Crippen LogP contribution >= 0.6 is 0 Å². The zero-order chi connectivity index (χ0) is 14.7. The summed E-state index contributed by atoms with van der Waals surface area (Å²) >= 11 is 0. The van der Waals surface area contributed by atoms with E-state index in [0.29, 0.717) is 5.56 Å². The standard InChI is InChI=1S/C19H11NO2/c21-11-12-9-14-13-5-1-2-6-15(13)20-16-7-3-4-8-17(16)22-18(10-12)19(14)20/h1-11H. The van der Waals surface area contributed by atoms with Gasteiger partial charge in [-0.3, -0.25) is 4.79 Å². The molecule has 1 aliphatic heterocycles. The fourth-order valence-electron chi connectivity index (χ4n) is 3.32. The van der Waals surface area contributed by atoms with Crippen LogP contribution in [0.15, 0.2) is 60.7 Å². The van der Waals surface area contributed by atoms with Gasteiger partial charge in [-0.25, -0.2) is 0 Å². The number of carbonyl (C=O) groups is 1. The lowest BCUT2D eigenvalue weighted by molar-refractivity contribution is 0.112.